The van der Waals surface area contributed by atoms with E-state index in [1.807, 2.05) is 0 Å². The fraction of sp³-hybridized carbons (Fsp3) is 0. The van der Waals surface area contributed by atoms with E-state index >= 15 is 0 Å². The average molecular weight is 257 g/mol. The molecule has 0 aliphatic heterocycles. The molecule has 0 saturated carbocycles. The second kappa shape index (κ2) is 4.73. The monoisotopic (exact) mass is 256 g/mol. The van der Waals surface area contributed by atoms with Gasteiger partial charge in [-0.1, -0.05) is 15.9 Å². The van der Waals surface area contributed by atoms with Crippen LogP contribution in [0.1, 0.15) is 15.9 Å². The lowest BCUT2D eigenvalue weighted by Gasteiger charge is -2.06. The molecule has 0 radical (unpaired) electrons. The molecule has 0 atom stereocenters. The maximum absolute atomic E-state index is 10.7. The van der Waals surface area contributed by atoms with Crippen LogP contribution < -0.4 is 17.1 Å². The van der Waals surface area contributed by atoms with Crippen LogP contribution in [0, 0.1) is 0 Å². The zero-order chi connectivity index (χ0) is 10.6. The Morgan fingerprint density at radius 2 is 2.29 bits per heavy atom. The summed E-state index contributed by atoms with van der Waals surface area (Å²) in [5, 5.41) is 3.43. The topological polar surface area (TPSA) is 93.5 Å². The molecular formula is C8H9BrN4O. The highest BCUT2D eigenvalue weighted by atomic mass is 79.9. The van der Waals surface area contributed by atoms with E-state index in [1.165, 1.54) is 0 Å². The van der Waals surface area contributed by atoms with Gasteiger partial charge in [0.25, 0.3) is 0 Å². The Kier molecular flexibility index (Phi) is 3.61. The minimum atomic E-state index is 0.258. The van der Waals surface area contributed by atoms with Crippen molar-refractivity contribution in [3.05, 3.63) is 33.8 Å². The first-order valence-electron chi connectivity index (χ1n) is 3.72. The molecule has 6 heteroatoms. The van der Waals surface area contributed by atoms with E-state index in [4.69, 9.17) is 11.7 Å². The average Bonchev–Trinajstić information content (AvgIpc) is 2.20. The van der Waals surface area contributed by atoms with Gasteiger partial charge in [-0.2, -0.15) is 5.10 Å². The molecular weight excluding hydrogens is 248 g/mol. The van der Waals surface area contributed by atoms with Crippen molar-refractivity contribution in [2.45, 2.75) is 0 Å². The highest BCUT2D eigenvalue weighted by molar-refractivity contribution is 9.10. The van der Waals surface area contributed by atoms with Gasteiger partial charge in [0.05, 0.1) is 0 Å². The molecule has 0 unspecified atom stereocenters. The van der Waals surface area contributed by atoms with Gasteiger partial charge in [-0.25, -0.2) is 5.84 Å². The molecule has 74 valence electrons. The molecule has 5 nitrogen and oxygen atoms in total. The van der Waals surface area contributed by atoms with Gasteiger partial charge in [-0.3, -0.25) is 4.79 Å². The number of aldehydes is 1. The summed E-state index contributed by atoms with van der Waals surface area (Å²) >= 11 is 3.27. The molecule has 0 fully saturated rings. The number of rotatable bonds is 2. The van der Waals surface area contributed by atoms with Crippen molar-refractivity contribution in [3.63, 3.8) is 0 Å². The Morgan fingerprint density at radius 3 is 2.79 bits per heavy atom. The van der Waals surface area contributed by atoms with Crippen LogP contribution in [0.2, 0.25) is 0 Å². The standard InChI is InChI=1S/C8H9BrN4O/c9-6-2-1-5(4-14)7(3-6)8(12-10)13-11/h1-4H,10-11H2,(H,12,13). The Labute approximate surface area is 89.3 Å². The molecule has 0 aliphatic carbocycles. The van der Waals surface area contributed by atoms with Crippen LogP contribution in [-0.2, 0) is 0 Å². The molecule has 1 aromatic carbocycles. The van der Waals surface area contributed by atoms with Gasteiger partial charge in [-0.15, -0.1) is 0 Å². The molecule has 1 rings (SSSR count). The first-order chi connectivity index (χ1) is 6.72. The maximum Gasteiger partial charge on any atom is 0.167 e. The maximum atomic E-state index is 10.7. The number of nitrogens with zero attached hydrogens (tertiary/aromatic N) is 1. The van der Waals surface area contributed by atoms with E-state index in [1.54, 1.807) is 18.2 Å². The summed E-state index contributed by atoms with van der Waals surface area (Å²) in [5.41, 5.74) is 3.34. The van der Waals surface area contributed by atoms with Gasteiger partial charge in [0, 0.05) is 15.6 Å². The largest absolute Gasteiger partial charge is 0.321 e. The van der Waals surface area contributed by atoms with Crippen LogP contribution in [0.5, 0.6) is 0 Å². The lowest BCUT2D eigenvalue weighted by atomic mass is 10.1. The molecule has 5 N–H and O–H groups in total. The fourth-order valence-corrected chi connectivity index (χ4v) is 1.38. The Bertz CT molecular complexity index is 378. The number of amidine groups is 1. The van der Waals surface area contributed by atoms with Crippen molar-refractivity contribution in [1.29, 1.82) is 0 Å². The Morgan fingerprint density at radius 1 is 1.57 bits per heavy atom. The number of hydrogen-bond acceptors (Lipinski definition) is 4. The predicted molar refractivity (Wildman–Crippen MR) is 57.6 cm³/mol. The second-order valence-corrected chi connectivity index (χ2v) is 3.39. The zero-order valence-electron chi connectivity index (χ0n) is 7.20. The van der Waals surface area contributed by atoms with Gasteiger partial charge >= 0.3 is 0 Å². The minimum Gasteiger partial charge on any atom is -0.321 e. The van der Waals surface area contributed by atoms with Crippen LogP contribution in [0.15, 0.2) is 27.8 Å². The van der Waals surface area contributed by atoms with Crippen LogP contribution in [0.4, 0.5) is 0 Å². The van der Waals surface area contributed by atoms with Gasteiger partial charge in [0.2, 0.25) is 0 Å². The summed E-state index contributed by atoms with van der Waals surface area (Å²) < 4.78 is 0.814. The number of carbonyl (C=O) groups excluding carboxylic acids is 1. The van der Waals surface area contributed by atoms with Crippen molar-refractivity contribution < 1.29 is 4.79 Å². The highest BCUT2D eigenvalue weighted by Crippen LogP contribution is 2.15. The summed E-state index contributed by atoms with van der Waals surface area (Å²) in [5.74, 6) is 10.6. The molecule has 0 heterocycles. The van der Waals surface area contributed by atoms with Gasteiger partial charge in [-0.05, 0) is 18.2 Å². The second-order valence-electron chi connectivity index (χ2n) is 2.47. The first-order valence-corrected chi connectivity index (χ1v) is 4.51. The van der Waals surface area contributed by atoms with E-state index in [2.05, 4.69) is 26.5 Å². The van der Waals surface area contributed by atoms with E-state index in [9.17, 15) is 4.79 Å². The summed E-state index contributed by atoms with van der Waals surface area (Å²) in [4.78, 5) is 10.7. The van der Waals surface area contributed by atoms with Gasteiger partial charge < -0.3 is 11.3 Å². The molecule has 0 saturated heterocycles. The summed E-state index contributed by atoms with van der Waals surface area (Å²) in [6, 6.07) is 5.10. The van der Waals surface area contributed by atoms with Crippen LogP contribution >= 0.6 is 15.9 Å². The van der Waals surface area contributed by atoms with E-state index in [0.717, 1.165) is 4.47 Å². The van der Waals surface area contributed by atoms with E-state index in [0.29, 0.717) is 17.4 Å². The normalized spacial score (nSPS) is 11.1. The number of nitrogens with one attached hydrogen (secondary N) is 1. The lowest BCUT2D eigenvalue weighted by Crippen LogP contribution is -2.32. The smallest absolute Gasteiger partial charge is 0.167 e. The predicted octanol–water partition coefficient (Wildman–Crippen LogP) is 0.345. The third-order valence-electron chi connectivity index (χ3n) is 1.66. The van der Waals surface area contributed by atoms with Crippen molar-refractivity contribution >= 4 is 28.1 Å². The Hall–Kier alpha value is -1.40. The summed E-state index contributed by atoms with van der Waals surface area (Å²) in [6.07, 6.45) is 0.713. The van der Waals surface area contributed by atoms with Crippen LogP contribution in [-0.4, -0.2) is 12.1 Å². The number of halogens is 1. The van der Waals surface area contributed by atoms with Gasteiger partial charge in [0.15, 0.2) is 12.1 Å². The van der Waals surface area contributed by atoms with E-state index < -0.39 is 0 Å². The van der Waals surface area contributed by atoms with Crippen molar-refractivity contribution in [2.75, 3.05) is 0 Å². The molecule has 0 amide bonds. The zero-order valence-corrected chi connectivity index (χ0v) is 8.78. The molecule has 14 heavy (non-hydrogen) atoms. The summed E-state index contributed by atoms with van der Waals surface area (Å²) in [6.45, 7) is 0. The molecule has 0 spiro atoms. The number of hydrogen-bond donors (Lipinski definition) is 3. The van der Waals surface area contributed by atoms with E-state index in [-0.39, 0.29) is 5.84 Å². The Balaban J connectivity index is 3.29. The number of nitrogens with two attached hydrogens (primary N) is 2. The number of carbonyl (C=O) groups is 1. The fourth-order valence-electron chi connectivity index (χ4n) is 1.02. The summed E-state index contributed by atoms with van der Waals surface area (Å²) in [7, 11) is 0. The minimum absolute atomic E-state index is 0.258. The highest BCUT2D eigenvalue weighted by Gasteiger charge is 2.08. The number of benzene rings is 1. The van der Waals surface area contributed by atoms with Crippen molar-refractivity contribution in [2.24, 2.45) is 16.8 Å². The SMILES string of the molecule is N/N=C(\NN)c1cc(Br)ccc1C=O. The van der Waals surface area contributed by atoms with Crippen LogP contribution in [0.3, 0.4) is 0 Å². The third-order valence-corrected chi connectivity index (χ3v) is 2.16. The number of hydrazine groups is 1. The first kappa shape index (κ1) is 10.7. The molecule has 0 aliphatic rings. The molecule has 0 aromatic heterocycles. The van der Waals surface area contributed by atoms with Gasteiger partial charge in [0.1, 0.15) is 0 Å². The van der Waals surface area contributed by atoms with Crippen molar-refractivity contribution in [1.82, 2.24) is 5.43 Å². The molecule has 0 bridgehead atoms. The quantitative estimate of drug-likeness (QED) is 0.234. The lowest BCUT2D eigenvalue weighted by molar-refractivity contribution is 0.112. The van der Waals surface area contributed by atoms with Crippen LogP contribution in [0.25, 0.3) is 0 Å². The third kappa shape index (κ3) is 2.09. The number of hydrazone groups is 1. The van der Waals surface area contributed by atoms with Crippen molar-refractivity contribution in [3.8, 4) is 0 Å². The molecule has 1 aromatic rings.